The van der Waals surface area contributed by atoms with Crippen molar-refractivity contribution in [3.05, 3.63) is 12.3 Å². The average molecular weight is 278 g/mol. The molecule has 0 aromatic carbocycles. The van der Waals surface area contributed by atoms with E-state index < -0.39 is 11.8 Å². The molecule has 0 amide bonds. The smallest absolute Gasteiger partial charge is 0.430 e. The quantitative estimate of drug-likeness (QED) is 0.838. The van der Waals surface area contributed by atoms with Crippen molar-refractivity contribution in [2.45, 2.75) is 25.4 Å². The Morgan fingerprint density at radius 1 is 1.45 bits per heavy atom. The standard InChI is InChI=1S/C13H18N4O3/c1-2-14-10-3-6-15-11(16-10)17-7-4-13(5-8-17)9-19-12(18)20-13/h3,6H,2,4-5,7-9H2,1H3,(H,14,15,16). The molecule has 1 aromatic rings. The molecule has 0 saturated carbocycles. The van der Waals surface area contributed by atoms with Gasteiger partial charge in [0.1, 0.15) is 12.4 Å². The first-order chi connectivity index (χ1) is 9.71. The molecule has 3 heterocycles. The first-order valence-corrected chi connectivity index (χ1v) is 6.88. The third-order valence-electron chi connectivity index (χ3n) is 3.71. The molecule has 20 heavy (non-hydrogen) atoms. The van der Waals surface area contributed by atoms with Crippen molar-refractivity contribution in [3.63, 3.8) is 0 Å². The van der Waals surface area contributed by atoms with Crippen LogP contribution in [-0.4, -0.2) is 48.0 Å². The van der Waals surface area contributed by atoms with Crippen LogP contribution >= 0.6 is 0 Å². The Kier molecular flexibility index (Phi) is 3.33. The Balaban J connectivity index is 1.66. The van der Waals surface area contributed by atoms with Gasteiger partial charge in [0.05, 0.1) is 0 Å². The fraction of sp³-hybridized carbons (Fsp3) is 0.615. The third kappa shape index (κ3) is 2.48. The van der Waals surface area contributed by atoms with Crippen LogP contribution in [0.4, 0.5) is 16.6 Å². The molecule has 1 aromatic heterocycles. The predicted octanol–water partition coefficient (Wildman–Crippen LogP) is 1.41. The minimum absolute atomic E-state index is 0.359. The molecule has 2 aliphatic heterocycles. The van der Waals surface area contributed by atoms with Crippen molar-refractivity contribution in [2.24, 2.45) is 0 Å². The number of carbonyl (C=O) groups excluding carboxylic acids is 1. The van der Waals surface area contributed by atoms with E-state index in [0.717, 1.165) is 38.3 Å². The lowest BCUT2D eigenvalue weighted by Crippen LogP contribution is -2.46. The van der Waals surface area contributed by atoms with E-state index in [1.54, 1.807) is 6.20 Å². The van der Waals surface area contributed by atoms with Crippen molar-refractivity contribution >= 4 is 17.9 Å². The lowest BCUT2D eigenvalue weighted by molar-refractivity contribution is 0.0364. The van der Waals surface area contributed by atoms with Crippen molar-refractivity contribution < 1.29 is 14.3 Å². The molecule has 2 fully saturated rings. The Morgan fingerprint density at radius 3 is 2.90 bits per heavy atom. The zero-order valence-electron chi connectivity index (χ0n) is 11.5. The zero-order valence-corrected chi connectivity index (χ0v) is 11.5. The van der Waals surface area contributed by atoms with Gasteiger partial charge in [-0.05, 0) is 13.0 Å². The van der Waals surface area contributed by atoms with Gasteiger partial charge in [0.2, 0.25) is 5.95 Å². The summed E-state index contributed by atoms with van der Waals surface area (Å²) in [6.45, 7) is 4.73. The van der Waals surface area contributed by atoms with E-state index in [9.17, 15) is 4.79 Å². The predicted molar refractivity (Wildman–Crippen MR) is 72.8 cm³/mol. The number of aromatic nitrogens is 2. The largest absolute Gasteiger partial charge is 0.509 e. The summed E-state index contributed by atoms with van der Waals surface area (Å²) in [4.78, 5) is 22.0. The van der Waals surface area contributed by atoms with Crippen LogP contribution in [0.5, 0.6) is 0 Å². The highest BCUT2D eigenvalue weighted by Gasteiger charge is 2.45. The molecule has 0 radical (unpaired) electrons. The molecular formula is C13H18N4O3. The highest BCUT2D eigenvalue weighted by Crippen LogP contribution is 2.32. The van der Waals surface area contributed by atoms with Gasteiger partial charge in [-0.1, -0.05) is 0 Å². The lowest BCUT2D eigenvalue weighted by atomic mass is 9.92. The van der Waals surface area contributed by atoms with Crippen LogP contribution in [0.3, 0.4) is 0 Å². The van der Waals surface area contributed by atoms with Crippen molar-refractivity contribution in [1.29, 1.82) is 0 Å². The van der Waals surface area contributed by atoms with Gasteiger partial charge < -0.3 is 19.7 Å². The number of carbonyl (C=O) groups is 1. The van der Waals surface area contributed by atoms with Crippen LogP contribution in [0.1, 0.15) is 19.8 Å². The molecule has 1 spiro atoms. The summed E-state index contributed by atoms with van der Waals surface area (Å²) in [5.41, 5.74) is -0.438. The van der Waals surface area contributed by atoms with Crippen LogP contribution in [0.2, 0.25) is 0 Å². The first-order valence-electron chi connectivity index (χ1n) is 6.88. The summed E-state index contributed by atoms with van der Waals surface area (Å²) >= 11 is 0. The van der Waals surface area contributed by atoms with E-state index in [2.05, 4.69) is 20.2 Å². The van der Waals surface area contributed by atoms with Crippen LogP contribution in [0, 0.1) is 0 Å². The molecule has 0 aliphatic carbocycles. The number of hydrogen-bond acceptors (Lipinski definition) is 7. The van der Waals surface area contributed by atoms with Gasteiger partial charge in [0.15, 0.2) is 5.60 Å². The molecule has 0 bridgehead atoms. The molecule has 108 valence electrons. The Hall–Kier alpha value is -2.05. The van der Waals surface area contributed by atoms with E-state index in [4.69, 9.17) is 9.47 Å². The van der Waals surface area contributed by atoms with E-state index in [1.807, 2.05) is 13.0 Å². The number of anilines is 2. The van der Waals surface area contributed by atoms with Crippen molar-refractivity contribution in [2.75, 3.05) is 36.5 Å². The van der Waals surface area contributed by atoms with Crippen LogP contribution in [-0.2, 0) is 9.47 Å². The molecule has 7 heteroatoms. The van der Waals surface area contributed by atoms with Gasteiger partial charge in [-0.15, -0.1) is 0 Å². The van der Waals surface area contributed by atoms with Crippen molar-refractivity contribution in [1.82, 2.24) is 9.97 Å². The molecule has 7 nitrogen and oxygen atoms in total. The Morgan fingerprint density at radius 2 is 2.25 bits per heavy atom. The van der Waals surface area contributed by atoms with Crippen LogP contribution < -0.4 is 10.2 Å². The second-order valence-electron chi connectivity index (χ2n) is 5.08. The number of ether oxygens (including phenoxy) is 2. The summed E-state index contributed by atoms with van der Waals surface area (Å²) < 4.78 is 10.2. The van der Waals surface area contributed by atoms with E-state index in [-0.39, 0.29) is 0 Å². The maximum absolute atomic E-state index is 11.1. The van der Waals surface area contributed by atoms with Crippen LogP contribution in [0.15, 0.2) is 12.3 Å². The summed E-state index contributed by atoms with van der Waals surface area (Å²) in [7, 11) is 0. The molecule has 3 rings (SSSR count). The number of nitrogens with zero attached hydrogens (tertiary/aromatic N) is 3. The Bertz CT molecular complexity index is 500. The van der Waals surface area contributed by atoms with E-state index in [0.29, 0.717) is 12.6 Å². The van der Waals surface area contributed by atoms with Gasteiger partial charge in [-0.2, -0.15) is 4.98 Å². The minimum atomic E-state index is -0.552. The summed E-state index contributed by atoms with van der Waals surface area (Å²) in [5.74, 6) is 1.54. The number of rotatable bonds is 3. The SMILES string of the molecule is CCNc1ccnc(N2CCC3(CC2)COC(=O)O3)n1. The van der Waals surface area contributed by atoms with Gasteiger partial charge in [0, 0.05) is 38.7 Å². The first kappa shape index (κ1) is 13.0. The van der Waals surface area contributed by atoms with Crippen LogP contribution in [0.25, 0.3) is 0 Å². The fourth-order valence-corrected chi connectivity index (χ4v) is 2.57. The van der Waals surface area contributed by atoms with E-state index >= 15 is 0 Å². The van der Waals surface area contributed by atoms with Gasteiger partial charge >= 0.3 is 6.16 Å². The summed E-state index contributed by atoms with van der Waals surface area (Å²) in [6, 6.07) is 1.85. The highest BCUT2D eigenvalue weighted by molar-refractivity contribution is 5.63. The van der Waals surface area contributed by atoms with E-state index in [1.165, 1.54) is 0 Å². The monoisotopic (exact) mass is 278 g/mol. The highest BCUT2D eigenvalue weighted by atomic mass is 16.8. The molecule has 0 atom stereocenters. The van der Waals surface area contributed by atoms with Crippen molar-refractivity contribution in [3.8, 4) is 0 Å². The molecule has 2 aliphatic rings. The summed E-state index contributed by atoms with van der Waals surface area (Å²) in [6.07, 6.45) is 2.69. The maximum atomic E-state index is 11.1. The molecule has 2 saturated heterocycles. The lowest BCUT2D eigenvalue weighted by Gasteiger charge is -2.36. The molecule has 1 N–H and O–H groups in total. The summed E-state index contributed by atoms with van der Waals surface area (Å²) in [5, 5.41) is 3.17. The van der Waals surface area contributed by atoms with Gasteiger partial charge in [0.25, 0.3) is 0 Å². The normalized spacial score (nSPS) is 20.6. The minimum Gasteiger partial charge on any atom is -0.430 e. The average Bonchev–Trinajstić information content (AvgIpc) is 2.81. The second kappa shape index (κ2) is 5.15. The molecule has 0 unspecified atom stereocenters. The maximum Gasteiger partial charge on any atom is 0.509 e. The third-order valence-corrected chi connectivity index (χ3v) is 3.71. The second-order valence-corrected chi connectivity index (χ2v) is 5.08. The zero-order chi connectivity index (χ0) is 14.0. The topological polar surface area (TPSA) is 76.6 Å². The number of cyclic esters (lactones) is 1. The number of hydrogen-bond donors (Lipinski definition) is 1. The molecular weight excluding hydrogens is 260 g/mol. The number of nitrogens with one attached hydrogen (secondary N) is 1. The fourth-order valence-electron chi connectivity index (χ4n) is 2.57. The Labute approximate surface area is 117 Å². The van der Waals surface area contributed by atoms with Gasteiger partial charge in [-0.3, -0.25) is 0 Å². The van der Waals surface area contributed by atoms with Gasteiger partial charge in [-0.25, -0.2) is 9.78 Å². The number of piperidine rings is 1.